The molecule has 0 radical (unpaired) electrons. The van der Waals surface area contributed by atoms with Gasteiger partial charge in [-0.2, -0.15) is 0 Å². The SMILES string of the molecule is CCn1c(C)c(C2(N(c3ccccc3)c3ccccc3)OC(=O)c3nccnc32)c2ccccc21. The number of anilines is 2. The largest absolute Gasteiger partial charge is 0.423 e. The zero-order chi connectivity index (χ0) is 24.0. The Morgan fingerprint density at radius 3 is 2.11 bits per heavy atom. The zero-order valence-electron chi connectivity index (χ0n) is 19.6. The summed E-state index contributed by atoms with van der Waals surface area (Å²) in [5, 5.41) is 1.01. The second kappa shape index (κ2) is 8.09. The van der Waals surface area contributed by atoms with E-state index in [1.165, 1.54) is 6.20 Å². The quantitative estimate of drug-likeness (QED) is 0.303. The van der Waals surface area contributed by atoms with Gasteiger partial charge in [-0.15, -0.1) is 0 Å². The minimum absolute atomic E-state index is 0.233. The van der Waals surface area contributed by atoms with Crippen LogP contribution >= 0.6 is 0 Å². The van der Waals surface area contributed by atoms with E-state index >= 15 is 0 Å². The van der Waals surface area contributed by atoms with Gasteiger partial charge in [0, 0.05) is 46.9 Å². The number of cyclic esters (lactones) is 1. The van der Waals surface area contributed by atoms with E-state index in [9.17, 15) is 4.79 Å². The van der Waals surface area contributed by atoms with Crippen LogP contribution in [0, 0.1) is 6.92 Å². The standard InChI is InChI=1S/C29H24N4O2/c1-3-32-20(2)25(23-16-10-11-17-24(23)32)29(27-26(28(34)35-29)30-18-19-31-27)33(21-12-6-4-7-13-21)22-14-8-5-9-15-22/h4-19H,3H2,1-2H3. The van der Waals surface area contributed by atoms with Crippen molar-refractivity contribution >= 4 is 28.2 Å². The highest BCUT2D eigenvalue weighted by molar-refractivity contribution is 5.97. The molecule has 6 nitrogen and oxygen atoms in total. The fraction of sp³-hybridized carbons (Fsp3) is 0.138. The highest BCUT2D eigenvalue weighted by atomic mass is 16.6. The number of ether oxygens (including phenoxy) is 1. The summed E-state index contributed by atoms with van der Waals surface area (Å²) < 4.78 is 8.72. The monoisotopic (exact) mass is 460 g/mol. The van der Waals surface area contributed by atoms with E-state index in [1.807, 2.05) is 72.8 Å². The van der Waals surface area contributed by atoms with Gasteiger partial charge in [-0.05, 0) is 44.2 Å². The number of benzene rings is 3. The predicted molar refractivity (Wildman–Crippen MR) is 136 cm³/mol. The molecule has 172 valence electrons. The van der Waals surface area contributed by atoms with Gasteiger partial charge in [0.2, 0.25) is 0 Å². The highest BCUT2D eigenvalue weighted by Gasteiger charge is 2.57. The van der Waals surface area contributed by atoms with Gasteiger partial charge < -0.3 is 9.30 Å². The van der Waals surface area contributed by atoms with Gasteiger partial charge in [-0.25, -0.2) is 9.78 Å². The van der Waals surface area contributed by atoms with Crippen molar-refractivity contribution in [1.29, 1.82) is 0 Å². The molecule has 6 heteroatoms. The third-order valence-corrected chi connectivity index (χ3v) is 6.68. The number of nitrogens with zero attached hydrogens (tertiary/aromatic N) is 4. The molecule has 3 aromatic carbocycles. The number of para-hydroxylation sites is 3. The smallest absolute Gasteiger partial charge is 0.361 e. The minimum Gasteiger partial charge on any atom is -0.423 e. The van der Waals surface area contributed by atoms with Crippen molar-refractivity contribution in [2.45, 2.75) is 26.1 Å². The van der Waals surface area contributed by atoms with Gasteiger partial charge >= 0.3 is 5.97 Å². The summed E-state index contributed by atoms with van der Waals surface area (Å²) >= 11 is 0. The van der Waals surface area contributed by atoms with Gasteiger partial charge in [0.05, 0.1) is 5.56 Å². The molecule has 0 saturated heterocycles. The fourth-order valence-corrected chi connectivity index (χ4v) is 5.33. The number of aromatic nitrogens is 3. The Balaban J connectivity index is 1.80. The molecule has 1 aliphatic rings. The summed E-state index contributed by atoms with van der Waals surface area (Å²) in [7, 11) is 0. The molecule has 1 unspecified atom stereocenters. The Hall–Kier alpha value is -4.45. The van der Waals surface area contributed by atoms with Crippen molar-refractivity contribution in [2.75, 3.05) is 4.90 Å². The van der Waals surface area contributed by atoms with E-state index in [4.69, 9.17) is 9.72 Å². The summed E-state index contributed by atoms with van der Waals surface area (Å²) in [6.07, 6.45) is 3.16. The van der Waals surface area contributed by atoms with E-state index in [0.717, 1.165) is 40.1 Å². The summed E-state index contributed by atoms with van der Waals surface area (Å²) in [6.45, 7) is 4.98. The van der Waals surface area contributed by atoms with Crippen LogP contribution < -0.4 is 4.90 Å². The van der Waals surface area contributed by atoms with E-state index in [0.29, 0.717) is 5.69 Å². The molecule has 0 aliphatic carbocycles. The van der Waals surface area contributed by atoms with Gasteiger partial charge in [0.25, 0.3) is 5.72 Å². The van der Waals surface area contributed by atoms with Gasteiger partial charge in [-0.3, -0.25) is 9.88 Å². The molecule has 1 aliphatic heterocycles. The van der Waals surface area contributed by atoms with Crippen molar-refractivity contribution in [3.63, 3.8) is 0 Å². The van der Waals surface area contributed by atoms with Crippen LogP contribution in [-0.2, 0) is 17.0 Å². The van der Waals surface area contributed by atoms with Crippen molar-refractivity contribution in [2.24, 2.45) is 0 Å². The number of rotatable bonds is 5. The Labute approximate surface area is 203 Å². The summed E-state index contributed by atoms with van der Waals surface area (Å²) in [4.78, 5) is 24.6. The molecule has 1 atom stereocenters. The zero-order valence-corrected chi connectivity index (χ0v) is 19.6. The third kappa shape index (κ3) is 2.99. The molecule has 0 saturated carbocycles. The number of aryl methyl sites for hydroxylation is 1. The lowest BCUT2D eigenvalue weighted by atomic mass is 9.92. The lowest BCUT2D eigenvalue weighted by Crippen LogP contribution is -2.46. The number of carbonyl (C=O) groups excluding carboxylic acids is 1. The van der Waals surface area contributed by atoms with E-state index in [2.05, 4.69) is 40.4 Å². The Morgan fingerprint density at radius 2 is 1.46 bits per heavy atom. The average molecular weight is 461 g/mol. The maximum Gasteiger partial charge on any atom is 0.361 e. The molecule has 0 spiro atoms. The minimum atomic E-state index is -1.35. The second-order valence-corrected chi connectivity index (χ2v) is 8.52. The molecule has 0 bridgehead atoms. The van der Waals surface area contributed by atoms with Crippen LogP contribution in [0.5, 0.6) is 0 Å². The van der Waals surface area contributed by atoms with Crippen molar-refractivity contribution in [3.8, 4) is 0 Å². The Kier molecular flexibility index (Phi) is 4.88. The van der Waals surface area contributed by atoms with Gasteiger partial charge in [0.15, 0.2) is 5.69 Å². The maximum atomic E-state index is 13.4. The van der Waals surface area contributed by atoms with Crippen LogP contribution in [0.3, 0.4) is 0 Å². The van der Waals surface area contributed by atoms with Gasteiger partial charge in [0.1, 0.15) is 5.69 Å². The van der Waals surface area contributed by atoms with Crippen LogP contribution in [0.1, 0.15) is 34.4 Å². The first kappa shape index (κ1) is 21.1. The molecular weight excluding hydrogens is 436 g/mol. The number of carbonyl (C=O) groups is 1. The molecule has 5 aromatic rings. The number of fused-ring (bicyclic) bond motifs is 2. The Morgan fingerprint density at radius 1 is 0.857 bits per heavy atom. The molecule has 35 heavy (non-hydrogen) atoms. The third-order valence-electron chi connectivity index (χ3n) is 6.68. The summed E-state index contributed by atoms with van der Waals surface area (Å²) in [5.74, 6) is -0.488. The van der Waals surface area contributed by atoms with Crippen LogP contribution in [0.15, 0.2) is 97.3 Å². The molecular formula is C29H24N4O2. The van der Waals surface area contributed by atoms with Crippen LogP contribution in [0.2, 0.25) is 0 Å². The van der Waals surface area contributed by atoms with Crippen molar-refractivity contribution in [3.05, 3.63) is 120 Å². The summed E-state index contributed by atoms with van der Waals surface area (Å²) in [6, 6.07) is 28.2. The van der Waals surface area contributed by atoms with Crippen LogP contribution in [0.4, 0.5) is 11.4 Å². The Bertz CT molecular complexity index is 1510. The van der Waals surface area contributed by atoms with E-state index in [1.54, 1.807) is 6.20 Å². The van der Waals surface area contributed by atoms with Crippen LogP contribution in [0.25, 0.3) is 10.9 Å². The molecule has 6 rings (SSSR count). The van der Waals surface area contributed by atoms with Crippen LogP contribution in [-0.4, -0.2) is 20.5 Å². The topological polar surface area (TPSA) is 60.2 Å². The number of hydrogen-bond donors (Lipinski definition) is 0. The van der Waals surface area contributed by atoms with Crippen molar-refractivity contribution < 1.29 is 9.53 Å². The molecule has 3 heterocycles. The van der Waals surface area contributed by atoms with E-state index in [-0.39, 0.29) is 5.69 Å². The van der Waals surface area contributed by atoms with Crippen molar-refractivity contribution in [1.82, 2.24) is 14.5 Å². The highest BCUT2D eigenvalue weighted by Crippen LogP contribution is 2.51. The molecule has 2 aromatic heterocycles. The van der Waals surface area contributed by atoms with E-state index < -0.39 is 11.7 Å². The lowest BCUT2D eigenvalue weighted by Gasteiger charge is -2.41. The lowest BCUT2D eigenvalue weighted by molar-refractivity contribution is 0.0123. The summed E-state index contributed by atoms with van der Waals surface area (Å²) in [5.41, 5.74) is 4.09. The predicted octanol–water partition coefficient (Wildman–Crippen LogP) is 5.97. The maximum absolute atomic E-state index is 13.4. The molecule has 0 amide bonds. The number of esters is 1. The fourth-order valence-electron chi connectivity index (χ4n) is 5.33. The second-order valence-electron chi connectivity index (χ2n) is 8.52. The molecule has 0 fully saturated rings. The first-order valence-corrected chi connectivity index (χ1v) is 11.7. The number of hydrogen-bond acceptors (Lipinski definition) is 5. The average Bonchev–Trinajstić information content (AvgIpc) is 3.36. The molecule has 0 N–H and O–H groups in total. The first-order chi connectivity index (χ1) is 17.2. The van der Waals surface area contributed by atoms with Gasteiger partial charge in [-0.1, -0.05) is 54.6 Å². The normalized spacial score (nSPS) is 16.8. The first-order valence-electron chi connectivity index (χ1n) is 11.7.